The van der Waals surface area contributed by atoms with E-state index in [0.717, 1.165) is 11.8 Å². The van der Waals surface area contributed by atoms with Gasteiger partial charge < -0.3 is 10.5 Å². The lowest BCUT2D eigenvalue weighted by atomic mass is 10.1. The highest BCUT2D eigenvalue weighted by molar-refractivity contribution is 7.09. The number of anilines is 1. The fourth-order valence-electron chi connectivity index (χ4n) is 1.50. The zero-order valence-corrected chi connectivity index (χ0v) is 10.8. The van der Waals surface area contributed by atoms with Gasteiger partial charge in [-0.2, -0.15) is 13.2 Å². The first-order valence-electron chi connectivity index (χ1n) is 5.37. The van der Waals surface area contributed by atoms with Crippen molar-refractivity contribution in [3.63, 3.8) is 0 Å². The van der Waals surface area contributed by atoms with Gasteiger partial charge >= 0.3 is 6.18 Å². The van der Waals surface area contributed by atoms with Crippen molar-refractivity contribution in [3.8, 4) is 5.75 Å². The van der Waals surface area contributed by atoms with Crippen molar-refractivity contribution in [3.05, 3.63) is 39.8 Å². The predicted molar refractivity (Wildman–Crippen MR) is 67.0 cm³/mol. The van der Waals surface area contributed by atoms with Crippen LogP contribution in [0, 0.1) is 6.92 Å². The first-order chi connectivity index (χ1) is 8.86. The molecular weight excluding hydrogens is 277 g/mol. The summed E-state index contributed by atoms with van der Waals surface area (Å²) in [6, 6.07) is 3.46. The highest BCUT2D eigenvalue weighted by atomic mass is 32.1. The molecule has 102 valence electrons. The molecular formula is C12H11F3N2OS. The monoisotopic (exact) mass is 288 g/mol. The molecule has 0 bridgehead atoms. The molecule has 0 aliphatic heterocycles. The molecule has 1 heterocycles. The van der Waals surface area contributed by atoms with Crippen LogP contribution in [0.15, 0.2) is 23.6 Å². The Labute approximate surface area is 111 Å². The molecule has 0 fully saturated rings. The van der Waals surface area contributed by atoms with Gasteiger partial charge in [0.1, 0.15) is 17.4 Å². The maximum atomic E-state index is 12.8. The van der Waals surface area contributed by atoms with Crippen LogP contribution in [0.5, 0.6) is 5.75 Å². The number of nitrogen functional groups attached to an aromatic ring is 1. The second-order valence-corrected chi connectivity index (χ2v) is 4.87. The van der Waals surface area contributed by atoms with Crippen molar-refractivity contribution in [2.45, 2.75) is 19.7 Å². The van der Waals surface area contributed by atoms with Gasteiger partial charge in [0.15, 0.2) is 0 Å². The lowest BCUT2D eigenvalue weighted by Gasteiger charge is -2.13. The van der Waals surface area contributed by atoms with E-state index in [2.05, 4.69) is 4.98 Å². The van der Waals surface area contributed by atoms with Gasteiger partial charge in [0, 0.05) is 16.8 Å². The highest BCUT2D eigenvalue weighted by Crippen LogP contribution is 2.37. The van der Waals surface area contributed by atoms with Crippen LogP contribution < -0.4 is 10.5 Å². The van der Waals surface area contributed by atoms with Crippen LogP contribution in [0.3, 0.4) is 0 Å². The number of nitrogens with two attached hydrogens (primary N) is 1. The third-order valence-electron chi connectivity index (χ3n) is 2.33. The van der Waals surface area contributed by atoms with E-state index in [1.165, 1.54) is 23.5 Å². The van der Waals surface area contributed by atoms with E-state index in [4.69, 9.17) is 10.5 Å². The second kappa shape index (κ2) is 5.08. The minimum absolute atomic E-state index is 0.00546. The molecule has 2 rings (SSSR count). The molecule has 0 saturated carbocycles. The Bertz CT molecular complexity index is 581. The van der Waals surface area contributed by atoms with Crippen LogP contribution in [0.2, 0.25) is 0 Å². The number of ether oxygens (including phenoxy) is 1. The van der Waals surface area contributed by atoms with Crippen molar-refractivity contribution < 1.29 is 17.9 Å². The molecule has 1 aromatic heterocycles. The topological polar surface area (TPSA) is 48.1 Å². The van der Waals surface area contributed by atoms with Crippen molar-refractivity contribution in [1.29, 1.82) is 0 Å². The number of alkyl halides is 3. The number of rotatable bonds is 3. The highest BCUT2D eigenvalue weighted by Gasteiger charge is 2.34. The van der Waals surface area contributed by atoms with E-state index < -0.39 is 11.7 Å². The molecule has 0 atom stereocenters. The Balaban J connectivity index is 2.20. The molecule has 0 unspecified atom stereocenters. The third kappa shape index (κ3) is 3.37. The number of hydrogen-bond donors (Lipinski definition) is 1. The zero-order valence-electron chi connectivity index (χ0n) is 9.99. The smallest absolute Gasteiger partial charge is 0.420 e. The molecule has 0 aliphatic rings. The quantitative estimate of drug-likeness (QED) is 0.877. The third-order valence-corrected chi connectivity index (χ3v) is 3.27. The van der Waals surface area contributed by atoms with E-state index in [-0.39, 0.29) is 18.0 Å². The predicted octanol–water partition coefficient (Wildman–Crippen LogP) is 3.63. The van der Waals surface area contributed by atoms with E-state index >= 15 is 0 Å². The molecule has 19 heavy (non-hydrogen) atoms. The molecule has 1 aromatic carbocycles. The van der Waals surface area contributed by atoms with Gasteiger partial charge in [-0.3, -0.25) is 0 Å². The number of aromatic nitrogens is 1. The minimum atomic E-state index is -4.50. The number of aryl methyl sites for hydroxylation is 1. The summed E-state index contributed by atoms with van der Waals surface area (Å²) in [5.74, 6) is -0.241. The number of thiazole rings is 1. The van der Waals surface area contributed by atoms with Crippen molar-refractivity contribution in [1.82, 2.24) is 4.98 Å². The molecule has 7 heteroatoms. The van der Waals surface area contributed by atoms with Gasteiger partial charge in [0.05, 0.1) is 5.56 Å². The van der Waals surface area contributed by atoms with Crippen molar-refractivity contribution in [2.24, 2.45) is 0 Å². The number of hydrogen-bond acceptors (Lipinski definition) is 4. The number of benzene rings is 1. The maximum absolute atomic E-state index is 12.8. The van der Waals surface area contributed by atoms with E-state index in [0.29, 0.717) is 5.01 Å². The summed E-state index contributed by atoms with van der Waals surface area (Å²) in [6.45, 7) is 1.82. The SMILES string of the molecule is Cc1csc(COc2ccc(N)cc2C(F)(F)F)n1. The standard InChI is InChI=1S/C12H11F3N2OS/c1-7-6-19-11(17-7)5-18-10-3-2-8(16)4-9(10)12(13,14)15/h2-4,6H,5,16H2,1H3. The fourth-order valence-corrected chi connectivity index (χ4v) is 2.19. The zero-order chi connectivity index (χ0) is 14.0. The summed E-state index contributed by atoms with van der Waals surface area (Å²) in [5.41, 5.74) is 5.36. The van der Waals surface area contributed by atoms with Gasteiger partial charge in [0.2, 0.25) is 0 Å². The average Bonchev–Trinajstić information content (AvgIpc) is 2.72. The summed E-state index contributed by atoms with van der Waals surface area (Å²) < 4.78 is 43.6. The van der Waals surface area contributed by atoms with Crippen LogP contribution in [-0.4, -0.2) is 4.98 Å². The Kier molecular flexibility index (Phi) is 3.66. The lowest BCUT2D eigenvalue weighted by molar-refractivity contribution is -0.139. The Morgan fingerprint density at radius 1 is 1.37 bits per heavy atom. The van der Waals surface area contributed by atoms with Crippen molar-refractivity contribution >= 4 is 17.0 Å². The summed E-state index contributed by atoms with van der Waals surface area (Å²) in [4.78, 5) is 4.12. The Morgan fingerprint density at radius 2 is 2.11 bits per heavy atom. The van der Waals surface area contributed by atoms with Gasteiger partial charge in [-0.1, -0.05) is 0 Å². The van der Waals surface area contributed by atoms with Crippen LogP contribution >= 0.6 is 11.3 Å². The van der Waals surface area contributed by atoms with Gasteiger partial charge in [-0.05, 0) is 25.1 Å². The molecule has 0 radical (unpaired) electrons. The van der Waals surface area contributed by atoms with E-state index in [1.807, 2.05) is 12.3 Å². The summed E-state index contributed by atoms with van der Waals surface area (Å²) in [6.07, 6.45) is -4.50. The summed E-state index contributed by atoms with van der Waals surface area (Å²) >= 11 is 1.34. The van der Waals surface area contributed by atoms with Gasteiger partial charge in [-0.25, -0.2) is 4.98 Å². The number of nitrogens with zero attached hydrogens (tertiary/aromatic N) is 1. The number of halogens is 3. The summed E-state index contributed by atoms with van der Waals surface area (Å²) in [5, 5.41) is 2.44. The fraction of sp³-hybridized carbons (Fsp3) is 0.250. The molecule has 3 nitrogen and oxygen atoms in total. The van der Waals surface area contributed by atoms with Crippen LogP contribution in [0.1, 0.15) is 16.3 Å². The summed E-state index contributed by atoms with van der Waals surface area (Å²) in [7, 11) is 0. The van der Waals surface area contributed by atoms with E-state index in [1.54, 1.807) is 0 Å². The molecule has 2 aromatic rings. The van der Waals surface area contributed by atoms with Gasteiger partial charge in [0.25, 0.3) is 0 Å². The first kappa shape index (κ1) is 13.7. The van der Waals surface area contributed by atoms with Crippen LogP contribution in [0.4, 0.5) is 18.9 Å². The van der Waals surface area contributed by atoms with Crippen molar-refractivity contribution in [2.75, 3.05) is 5.73 Å². The molecule has 0 saturated heterocycles. The van der Waals surface area contributed by atoms with Crippen LogP contribution in [-0.2, 0) is 12.8 Å². The van der Waals surface area contributed by atoms with Crippen LogP contribution in [0.25, 0.3) is 0 Å². The Morgan fingerprint density at radius 3 is 2.68 bits per heavy atom. The maximum Gasteiger partial charge on any atom is 0.420 e. The molecule has 0 amide bonds. The Hall–Kier alpha value is -1.76. The lowest BCUT2D eigenvalue weighted by Crippen LogP contribution is -2.09. The largest absolute Gasteiger partial charge is 0.486 e. The van der Waals surface area contributed by atoms with E-state index in [9.17, 15) is 13.2 Å². The normalized spacial score (nSPS) is 11.6. The average molecular weight is 288 g/mol. The minimum Gasteiger partial charge on any atom is -0.486 e. The molecule has 2 N–H and O–H groups in total. The second-order valence-electron chi connectivity index (χ2n) is 3.92. The molecule has 0 aliphatic carbocycles. The molecule has 0 spiro atoms. The first-order valence-corrected chi connectivity index (χ1v) is 6.25. The van der Waals surface area contributed by atoms with Gasteiger partial charge in [-0.15, -0.1) is 11.3 Å².